The molecule has 0 radical (unpaired) electrons. The molecule has 1 amide bonds. The van der Waals surface area contributed by atoms with Crippen LogP contribution in [0.4, 0.5) is 0 Å². The van der Waals surface area contributed by atoms with Crippen molar-refractivity contribution in [3.05, 3.63) is 35.9 Å². The van der Waals surface area contributed by atoms with Crippen molar-refractivity contribution in [1.82, 2.24) is 10.2 Å². The Hall–Kier alpha value is -1.72. The zero-order valence-corrected chi connectivity index (χ0v) is 15.4. The maximum Gasteiger partial charge on any atom is 0.220 e. The maximum absolute atomic E-state index is 12.1. The van der Waals surface area contributed by atoms with E-state index in [0.717, 1.165) is 32.7 Å². The molecular weight excluding hydrogens is 316 g/mol. The first-order valence-corrected chi connectivity index (χ1v) is 9.23. The molecule has 0 aliphatic carbocycles. The number of nitrogens with zero attached hydrogens (tertiary/aromatic N) is 1. The Morgan fingerprint density at radius 1 is 1.12 bits per heavy atom. The van der Waals surface area contributed by atoms with Crippen LogP contribution in [0.5, 0.6) is 0 Å². The van der Waals surface area contributed by atoms with Crippen LogP contribution in [0.2, 0.25) is 0 Å². The van der Waals surface area contributed by atoms with Gasteiger partial charge in [0.1, 0.15) is 0 Å². The lowest BCUT2D eigenvalue weighted by molar-refractivity contribution is -0.121. The van der Waals surface area contributed by atoms with Gasteiger partial charge in [-0.1, -0.05) is 44.2 Å². The van der Waals surface area contributed by atoms with E-state index < -0.39 is 0 Å². The van der Waals surface area contributed by atoms with Gasteiger partial charge in [-0.15, -0.1) is 0 Å². The van der Waals surface area contributed by atoms with Crippen LogP contribution in [-0.2, 0) is 9.53 Å². The van der Waals surface area contributed by atoms with Crippen LogP contribution in [0.15, 0.2) is 30.3 Å². The Kier molecular flexibility index (Phi) is 8.09. The lowest BCUT2D eigenvalue weighted by Crippen LogP contribution is -2.49. The first kappa shape index (κ1) is 19.6. The van der Waals surface area contributed by atoms with Gasteiger partial charge in [0.05, 0.1) is 13.2 Å². The van der Waals surface area contributed by atoms with E-state index in [1.807, 2.05) is 18.2 Å². The Morgan fingerprint density at radius 3 is 2.44 bits per heavy atom. The summed E-state index contributed by atoms with van der Waals surface area (Å²) in [5, 5.41) is 3.02. The average molecular weight is 346 g/mol. The van der Waals surface area contributed by atoms with E-state index in [1.54, 1.807) is 12.1 Å². The van der Waals surface area contributed by atoms with Gasteiger partial charge < -0.3 is 10.1 Å². The van der Waals surface area contributed by atoms with Crippen LogP contribution in [0.3, 0.4) is 0 Å². The molecule has 0 saturated carbocycles. The van der Waals surface area contributed by atoms with Gasteiger partial charge in [-0.25, -0.2) is 0 Å². The highest BCUT2D eigenvalue weighted by atomic mass is 16.5. The van der Waals surface area contributed by atoms with Crippen molar-refractivity contribution in [3.63, 3.8) is 0 Å². The number of rotatable bonds is 9. The third kappa shape index (κ3) is 6.96. The quantitative estimate of drug-likeness (QED) is 0.698. The minimum Gasteiger partial charge on any atom is -0.379 e. The highest BCUT2D eigenvalue weighted by Gasteiger charge is 2.22. The number of morpholine rings is 1. The Labute approximate surface area is 150 Å². The topological polar surface area (TPSA) is 58.6 Å². The van der Waals surface area contributed by atoms with Gasteiger partial charge in [-0.2, -0.15) is 0 Å². The number of ketones is 1. The maximum atomic E-state index is 12.1. The monoisotopic (exact) mass is 346 g/mol. The molecule has 1 aliphatic rings. The molecule has 1 N–H and O–H groups in total. The van der Waals surface area contributed by atoms with E-state index >= 15 is 0 Å². The summed E-state index contributed by atoms with van der Waals surface area (Å²) >= 11 is 0. The molecule has 1 aromatic rings. The van der Waals surface area contributed by atoms with E-state index in [2.05, 4.69) is 24.1 Å². The summed E-state index contributed by atoms with van der Waals surface area (Å²) in [5.74, 6) is 0.540. The average Bonchev–Trinajstić information content (AvgIpc) is 2.64. The predicted molar refractivity (Wildman–Crippen MR) is 98.7 cm³/mol. The van der Waals surface area contributed by atoms with Crippen LogP contribution in [-0.4, -0.2) is 55.5 Å². The van der Waals surface area contributed by atoms with Crippen LogP contribution in [0, 0.1) is 5.92 Å². The molecule has 1 aliphatic heterocycles. The zero-order valence-electron chi connectivity index (χ0n) is 15.4. The fraction of sp³-hybridized carbons (Fsp3) is 0.600. The Bertz CT molecular complexity index is 539. The van der Waals surface area contributed by atoms with Crippen molar-refractivity contribution in [1.29, 1.82) is 0 Å². The number of Topliss-reactive ketones (excluding diaryl/α,β-unsaturated/α-hetero) is 1. The summed E-state index contributed by atoms with van der Waals surface area (Å²) in [6.07, 6.45) is 1.54. The SMILES string of the molecule is CC(C)CC(CNC(=O)CCC(=O)c1ccccc1)N1CCOCC1. The second kappa shape index (κ2) is 10.3. The van der Waals surface area contributed by atoms with Crippen molar-refractivity contribution in [2.75, 3.05) is 32.8 Å². The largest absolute Gasteiger partial charge is 0.379 e. The second-order valence-electron chi connectivity index (χ2n) is 7.02. The number of ether oxygens (including phenoxy) is 1. The predicted octanol–water partition coefficient (Wildman–Crippen LogP) is 2.51. The number of benzene rings is 1. The van der Waals surface area contributed by atoms with Gasteiger partial charge >= 0.3 is 0 Å². The molecule has 1 aromatic carbocycles. The minimum atomic E-state index is -0.0497. The van der Waals surface area contributed by atoms with E-state index in [4.69, 9.17) is 4.74 Å². The molecule has 1 saturated heterocycles. The van der Waals surface area contributed by atoms with E-state index in [-0.39, 0.29) is 24.5 Å². The third-order valence-corrected chi connectivity index (χ3v) is 4.52. The first-order chi connectivity index (χ1) is 12.1. The molecule has 138 valence electrons. The molecule has 1 atom stereocenters. The molecule has 25 heavy (non-hydrogen) atoms. The number of nitrogens with one attached hydrogen (secondary N) is 1. The van der Waals surface area contributed by atoms with Crippen molar-refractivity contribution < 1.29 is 14.3 Å². The van der Waals surface area contributed by atoms with Gasteiger partial charge in [-0.05, 0) is 12.3 Å². The van der Waals surface area contributed by atoms with Crippen molar-refractivity contribution in [2.24, 2.45) is 5.92 Å². The van der Waals surface area contributed by atoms with Crippen LogP contribution in [0.25, 0.3) is 0 Å². The van der Waals surface area contributed by atoms with Crippen molar-refractivity contribution in [3.8, 4) is 0 Å². The van der Waals surface area contributed by atoms with Crippen molar-refractivity contribution in [2.45, 2.75) is 39.2 Å². The smallest absolute Gasteiger partial charge is 0.220 e. The van der Waals surface area contributed by atoms with Crippen molar-refractivity contribution >= 4 is 11.7 Å². The molecule has 1 heterocycles. The summed E-state index contributed by atoms with van der Waals surface area (Å²) in [6.45, 7) is 8.39. The van der Waals surface area contributed by atoms with E-state index in [0.29, 0.717) is 24.1 Å². The Balaban J connectivity index is 1.76. The lowest BCUT2D eigenvalue weighted by atomic mass is 10.0. The number of carbonyl (C=O) groups is 2. The first-order valence-electron chi connectivity index (χ1n) is 9.23. The summed E-state index contributed by atoms with van der Waals surface area (Å²) in [4.78, 5) is 26.6. The number of hydrogen-bond donors (Lipinski definition) is 1. The molecule has 0 spiro atoms. The van der Waals surface area contributed by atoms with Gasteiger partial charge in [0, 0.05) is 44.1 Å². The van der Waals surface area contributed by atoms with Gasteiger partial charge in [-0.3, -0.25) is 14.5 Å². The fourth-order valence-electron chi connectivity index (χ4n) is 3.16. The minimum absolute atomic E-state index is 0.0164. The molecule has 5 nitrogen and oxygen atoms in total. The highest BCUT2D eigenvalue weighted by molar-refractivity contribution is 5.97. The van der Waals surface area contributed by atoms with Crippen LogP contribution >= 0.6 is 0 Å². The van der Waals surface area contributed by atoms with Gasteiger partial charge in [0.15, 0.2) is 5.78 Å². The van der Waals surface area contributed by atoms with Gasteiger partial charge in [0.2, 0.25) is 5.91 Å². The van der Waals surface area contributed by atoms with Crippen LogP contribution < -0.4 is 5.32 Å². The zero-order chi connectivity index (χ0) is 18.1. The summed E-state index contributed by atoms with van der Waals surface area (Å²) in [7, 11) is 0. The standard InChI is InChI=1S/C20H30N2O3/c1-16(2)14-18(22-10-12-25-13-11-22)15-21-20(24)9-8-19(23)17-6-4-3-5-7-17/h3-7,16,18H,8-15H2,1-2H3,(H,21,24). The number of amides is 1. The fourth-order valence-corrected chi connectivity index (χ4v) is 3.16. The molecule has 1 fully saturated rings. The Morgan fingerprint density at radius 2 is 1.80 bits per heavy atom. The molecular formula is C20H30N2O3. The molecule has 0 bridgehead atoms. The second-order valence-corrected chi connectivity index (χ2v) is 7.02. The number of hydrogen-bond acceptors (Lipinski definition) is 4. The normalized spacial score (nSPS) is 16.6. The molecule has 5 heteroatoms. The summed E-state index contributed by atoms with van der Waals surface area (Å²) in [6, 6.07) is 9.47. The molecule has 1 unspecified atom stereocenters. The summed E-state index contributed by atoms with van der Waals surface area (Å²) < 4.78 is 5.42. The molecule has 0 aromatic heterocycles. The number of carbonyl (C=O) groups excluding carboxylic acids is 2. The van der Waals surface area contributed by atoms with Gasteiger partial charge in [0.25, 0.3) is 0 Å². The van der Waals surface area contributed by atoms with Crippen LogP contribution in [0.1, 0.15) is 43.5 Å². The third-order valence-electron chi connectivity index (χ3n) is 4.52. The molecule has 2 rings (SSSR count). The summed E-state index contributed by atoms with van der Waals surface area (Å²) in [5.41, 5.74) is 0.668. The highest BCUT2D eigenvalue weighted by Crippen LogP contribution is 2.13. The lowest BCUT2D eigenvalue weighted by Gasteiger charge is -2.35. The van der Waals surface area contributed by atoms with E-state index in [1.165, 1.54) is 0 Å². The van der Waals surface area contributed by atoms with E-state index in [9.17, 15) is 9.59 Å².